The number of nitrogens with zero attached hydrogens (tertiary/aromatic N) is 2. The zero-order valence-corrected chi connectivity index (χ0v) is 10.8. The number of benzene rings is 1. The summed E-state index contributed by atoms with van der Waals surface area (Å²) >= 11 is 0. The summed E-state index contributed by atoms with van der Waals surface area (Å²) in [7, 11) is 3.66. The highest BCUT2D eigenvalue weighted by Gasteiger charge is 2.06. The summed E-state index contributed by atoms with van der Waals surface area (Å²) in [4.78, 5) is 1.75. The van der Waals surface area contributed by atoms with Gasteiger partial charge in [0.1, 0.15) is 5.75 Å². The summed E-state index contributed by atoms with van der Waals surface area (Å²) in [5.41, 5.74) is 0.856. The molecule has 17 heavy (non-hydrogen) atoms. The molecule has 0 spiro atoms. The molecule has 0 aromatic heterocycles. The molecule has 0 bridgehead atoms. The topological polar surface area (TPSA) is 45.1 Å². The van der Waals surface area contributed by atoms with Crippen LogP contribution in [0.4, 0.5) is 0 Å². The largest absolute Gasteiger partial charge is 0.493 e. The highest BCUT2D eigenvalue weighted by Crippen LogP contribution is 2.14. The van der Waals surface area contributed by atoms with Crippen LogP contribution < -0.4 is 4.74 Å². The standard InChI is InChI=1S/C13H20N2O2/c1-10(2)9-17-12-7-5-11(6-8-12)13(14-16)15(3)4/h5-8,10,16H,9H2,1-4H3/b14-13+. The minimum absolute atomic E-state index is 0.506. The number of ether oxygens (including phenoxy) is 1. The summed E-state index contributed by atoms with van der Waals surface area (Å²) in [6.45, 7) is 4.92. The first kappa shape index (κ1) is 13.4. The molecule has 1 aromatic rings. The molecule has 0 fully saturated rings. The number of hydrogen-bond donors (Lipinski definition) is 1. The SMILES string of the molecule is CC(C)COc1ccc(/C(=N\O)N(C)C)cc1. The van der Waals surface area contributed by atoms with Gasteiger partial charge >= 0.3 is 0 Å². The molecule has 0 heterocycles. The fraction of sp³-hybridized carbons (Fsp3) is 0.462. The Bertz CT molecular complexity index is 370. The quantitative estimate of drug-likeness (QED) is 0.378. The average Bonchev–Trinajstić information content (AvgIpc) is 2.28. The van der Waals surface area contributed by atoms with Gasteiger partial charge in [0.25, 0.3) is 0 Å². The number of rotatable bonds is 4. The van der Waals surface area contributed by atoms with Gasteiger partial charge in [0.05, 0.1) is 6.61 Å². The summed E-state index contributed by atoms with van der Waals surface area (Å²) in [5, 5.41) is 12.2. The third-order valence-corrected chi connectivity index (χ3v) is 2.21. The van der Waals surface area contributed by atoms with Crippen LogP contribution in [0.2, 0.25) is 0 Å². The second-order valence-corrected chi connectivity index (χ2v) is 4.55. The van der Waals surface area contributed by atoms with Crippen molar-refractivity contribution in [2.45, 2.75) is 13.8 Å². The van der Waals surface area contributed by atoms with Crippen LogP contribution in [-0.2, 0) is 0 Å². The Kier molecular flexibility index (Phi) is 4.82. The Balaban J connectivity index is 2.74. The summed E-state index contributed by atoms with van der Waals surface area (Å²) < 4.78 is 5.58. The van der Waals surface area contributed by atoms with Crippen molar-refractivity contribution in [1.29, 1.82) is 0 Å². The van der Waals surface area contributed by atoms with E-state index in [9.17, 15) is 0 Å². The van der Waals surface area contributed by atoms with E-state index in [2.05, 4.69) is 19.0 Å². The molecule has 0 aliphatic carbocycles. The Labute approximate surface area is 103 Å². The Morgan fingerprint density at radius 1 is 1.29 bits per heavy atom. The minimum atomic E-state index is 0.506. The van der Waals surface area contributed by atoms with Crippen molar-refractivity contribution in [3.63, 3.8) is 0 Å². The molecular weight excluding hydrogens is 216 g/mol. The Morgan fingerprint density at radius 2 is 1.88 bits per heavy atom. The predicted octanol–water partition coefficient (Wildman–Crippen LogP) is 2.42. The van der Waals surface area contributed by atoms with Crippen LogP contribution in [0, 0.1) is 5.92 Å². The molecular formula is C13H20N2O2. The van der Waals surface area contributed by atoms with Crippen molar-refractivity contribution in [2.75, 3.05) is 20.7 Å². The molecule has 1 rings (SSSR count). The lowest BCUT2D eigenvalue weighted by Crippen LogP contribution is -2.22. The van der Waals surface area contributed by atoms with Gasteiger partial charge in [-0.15, -0.1) is 0 Å². The second-order valence-electron chi connectivity index (χ2n) is 4.55. The molecule has 0 amide bonds. The van der Waals surface area contributed by atoms with Crippen LogP contribution in [0.1, 0.15) is 19.4 Å². The first-order chi connectivity index (χ1) is 8.04. The molecule has 94 valence electrons. The van der Waals surface area contributed by atoms with Crippen LogP contribution in [0.15, 0.2) is 29.4 Å². The molecule has 0 radical (unpaired) electrons. The second kappa shape index (κ2) is 6.13. The maximum absolute atomic E-state index is 8.91. The van der Waals surface area contributed by atoms with Crippen molar-refractivity contribution >= 4 is 5.84 Å². The van der Waals surface area contributed by atoms with E-state index in [0.717, 1.165) is 11.3 Å². The van der Waals surface area contributed by atoms with Crippen molar-refractivity contribution in [1.82, 2.24) is 4.90 Å². The molecule has 4 nitrogen and oxygen atoms in total. The van der Waals surface area contributed by atoms with E-state index in [0.29, 0.717) is 18.4 Å². The fourth-order valence-electron chi connectivity index (χ4n) is 1.37. The molecule has 1 aromatic carbocycles. The van der Waals surface area contributed by atoms with Crippen molar-refractivity contribution in [2.24, 2.45) is 11.1 Å². The first-order valence-corrected chi connectivity index (χ1v) is 5.67. The van der Waals surface area contributed by atoms with Crippen molar-refractivity contribution in [3.05, 3.63) is 29.8 Å². The van der Waals surface area contributed by atoms with E-state index in [4.69, 9.17) is 9.94 Å². The fourth-order valence-corrected chi connectivity index (χ4v) is 1.37. The number of amidine groups is 1. The Hall–Kier alpha value is -1.71. The summed E-state index contributed by atoms with van der Waals surface area (Å²) in [6.07, 6.45) is 0. The van der Waals surface area contributed by atoms with E-state index in [1.165, 1.54) is 0 Å². The average molecular weight is 236 g/mol. The lowest BCUT2D eigenvalue weighted by molar-refractivity contribution is 0.271. The van der Waals surface area contributed by atoms with Gasteiger partial charge in [-0.05, 0) is 30.2 Å². The van der Waals surface area contributed by atoms with Crippen LogP contribution in [-0.4, -0.2) is 36.6 Å². The summed E-state index contributed by atoms with van der Waals surface area (Å²) in [6, 6.07) is 7.52. The van der Waals surface area contributed by atoms with Gasteiger partial charge < -0.3 is 14.8 Å². The molecule has 0 atom stereocenters. The van der Waals surface area contributed by atoms with E-state index in [1.54, 1.807) is 4.90 Å². The lowest BCUT2D eigenvalue weighted by atomic mass is 10.2. The third kappa shape index (κ3) is 3.98. The van der Waals surface area contributed by atoms with Gasteiger partial charge in [0.2, 0.25) is 0 Å². The predicted molar refractivity (Wildman–Crippen MR) is 68.8 cm³/mol. The van der Waals surface area contributed by atoms with Gasteiger partial charge in [-0.3, -0.25) is 0 Å². The highest BCUT2D eigenvalue weighted by atomic mass is 16.5. The van der Waals surface area contributed by atoms with Gasteiger partial charge in [0, 0.05) is 19.7 Å². The smallest absolute Gasteiger partial charge is 0.174 e. The van der Waals surface area contributed by atoms with E-state index >= 15 is 0 Å². The van der Waals surface area contributed by atoms with Gasteiger partial charge in [0.15, 0.2) is 5.84 Å². The van der Waals surface area contributed by atoms with Crippen LogP contribution in [0.3, 0.4) is 0 Å². The maximum Gasteiger partial charge on any atom is 0.174 e. The van der Waals surface area contributed by atoms with E-state index in [1.807, 2.05) is 38.4 Å². The Morgan fingerprint density at radius 3 is 2.29 bits per heavy atom. The molecule has 4 heteroatoms. The highest BCUT2D eigenvalue weighted by molar-refractivity contribution is 5.98. The van der Waals surface area contributed by atoms with Crippen LogP contribution >= 0.6 is 0 Å². The minimum Gasteiger partial charge on any atom is -0.493 e. The van der Waals surface area contributed by atoms with Gasteiger partial charge in [-0.1, -0.05) is 19.0 Å². The van der Waals surface area contributed by atoms with Crippen molar-refractivity contribution < 1.29 is 9.94 Å². The maximum atomic E-state index is 8.91. The van der Waals surface area contributed by atoms with E-state index < -0.39 is 0 Å². The number of hydrogen-bond acceptors (Lipinski definition) is 3. The zero-order valence-electron chi connectivity index (χ0n) is 10.8. The number of oxime groups is 1. The molecule has 0 saturated carbocycles. The molecule has 0 saturated heterocycles. The molecule has 0 unspecified atom stereocenters. The normalized spacial score (nSPS) is 11.7. The monoisotopic (exact) mass is 236 g/mol. The van der Waals surface area contributed by atoms with Crippen molar-refractivity contribution in [3.8, 4) is 5.75 Å². The molecule has 1 N–H and O–H groups in total. The third-order valence-electron chi connectivity index (χ3n) is 2.21. The summed E-state index contributed by atoms with van der Waals surface area (Å²) in [5.74, 6) is 1.87. The van der Waals surface area contributed by atoms with Crippen LogP contribution in [0.25, 0.3) is 0 Å². The van der Waals surface area contributed by atoms with Gasteiger partial charge in [-0.25, -0.2) is 0 Å². The first-order valence-electron chi connectivity index (χ1n) is 5.67. The lowest BCUT2D eigenvalue weighted by Gasteiger charge is -2.14. The molecule has 0 aliphatic rings. The van der Waals surface area contributed by atoms with Gasteiger partial charge in [-0.2, -0.15) is 0 Å². The zero-order chi connectivity index (χ0) is 12.8. The van der Waals surface area contributed by atoms with E-state index in [-0.39, 0.29) is 0 Å². The van der Waals surface area contributed by atoms with Crippen LogP contribution in [0.5, 0.6) is 5.75 Å². The molecule has 0 aliphatic heterocycles.